The monoisotopic (exact) mass is 426 g/mol. The molecule has 32 heavy (non-hydrogen) atoms. The molecule has 0 saturated heterocycles. The minimum Gasteiger partial charge on any atom is -0.341 e. The summed E-state index contributed by atoms with van der Waals surface area (Å²) in [7, 11) is 0. The van der Waals surface area contributed by atoms with Crippen molar-refractivity contribution < 1.29 is 19.2 Å². The number of hydrogen-bond acceptors (Lipinski definition) is 5. The lowest BCUT2D eigenvalue weighted by Crippen LogP contribution is -2.03. The summed E-state index contributed by atoms with van der Waals surface area (Å²) >= 11 is 0. The van der Waals surface area contributed by atoms with Gasteiger partial charge in [-0.2, -0.15) is 0 Å². The van der Waals surface area contributed by atoms with E-state index in [-0.39, 0.29) is 12.1 Å². The van der Waals surface area contributed by atoms with Crippen molar-refractivity contribution in [2.24, 2.45) is 5.16 Å². The fourth-order valence-corrected chi connectivity index (χ4v) is 3.98. The van der Waals surface area contributed by atoms with Crippen LogP contribution in [0, 0.1) is 6.92 Å². The third-order valence-electron chi connectivity index (χ3n) is 5.62. The molecule has 4 aromatic rings. The van der Waals surface area contributed by atoms with Gasteiger partial charge in [0.15, 0.2) is 5.78 Å². The molecule has 0 aliphatic rings. The van der Waals surface area contributed by atoms with Crippen LogP contribution in [-0.2, 0) is 21.0 Å². The smallest absolute Gasteiger partial charge is 0.341 e. The first-order valence-electron chi connectivity index (χ1n) is 10.3. The highest BCUT2D eigenvalue weighted by atomic mass is 16.7. The molecule has 1 heterocycles. The Morgan fingerprint density at radius 2 is 1.59 bits per heavy atom. The standard InChI is InChI=1S/C26H22N2O4/c1-4-28-23-11-9-18(17(3)27-32-25(30)15-29)13-21(23)22-14-19(10-12-24(22)28)26(31)20-8-6-5-7-16(20)2/h5-15H,4H2,1-3H3. The van der Waals surface area contributed by atoms with Crippen molar-refractivity contribution in [2.75, 3.05) is 0 Å². The zero-order chi connectivity index (χ0) is 22.8. The molecule has 6 nitrogen and oxygen atoms in total. The number of aryl methyl sites for hydroxylation is 2. The summed E-state index contributed by atoms with van der Waals surface area (Å²) in [5.74, 6) is -1.07. The zero-order valence-electron chi connectivity index (χ0n) is 18.1. The van der Waals surface area contributed by atoms with E-state index < -0.39 is 5.97 Å². The predicted octanol–water partition coefficient (Wildman–Crippen LogP) is 4.82. The summed E-state index contributed by atoms with van der Waals surface area (Å²) in [6.45, 7) is 6.48. The van der Waals surface area contributed by atoms with E-state index in [0.29, 0.717) is 16.8 Å². The second-order valence-electron chi connectivity index (χ2n) is 7.56. The van der Waals surface area contributed by atoms with Crippen LogP contribution in [0.25, 0.3) is 21.8 Å². The Hall–Kier alpha value is -4.06. The predicted molar refractivity (Wildman–Crippen MR) is 124 cm³/mol. The molecule has 0 spiro atoms. The largest absolute Gasteiger partial charge is 0.397 e. The zero-order valence-corrected chi connectivity index (χ0v) is 18.1. The third-order valence-corrected chi connectivity index (χ3v) is 5.62. The van der Waals surface area contributed by atoms with E-state index in [4.69, 9.17) is 0 Å². The first kappa shape index (κ1) is 21.2. The number of aldehydes is 1. The third kappa shape index (κ3) is 3.71. The molecular weight excluding hydrogens is 404 g/mol. The van der Waals surface area contributed by atoms with Crippen molar-refractivity contribution in [3.05, 3.63) is 82.9 Å². The van der Waals surface area contributed by atoms with Gasteiger partial charge >= 0.3 is 5.97 Å². The van der Waals surface area contributed by atoms with Crippen LogP contribution in [0.1, 0.15) is 40.9 Å². The van der Waals surface area contributed by atoms with Gasteiger partial charge in [-0.1, -0.05) is 35.5 Å². The van der Waals surface area contributed by atoms with Gasteiger partial charge in [-0.15, -0.1) is 0 Å². The summed E-state index contributed by atoms with van der Waals surface area (Å²) < 4.78 is 2.19. The number of nitrogens with zero attached hydrogens (tertiary/aromatic N) is 2. The Balaban J connectivity index is 1.86. The van der Waals surface area contributed by atoms with Gasteiger partial charge in [0.25, 0.3) is 0 Å². The molecule has 0 atom stereocenters. The number of hydrogen-bond donors (Lipinski definition) is 0. The van der Waals surface area contributed by atoms with Gasteiger partial charge in [-0.05, 0) is 62.2 Å². The number of oxime groups is 1. The van der Waals surface area contributed by atoms with E-state index in [1.807, 2.05) is 67.6 Å². The van der Waals surface area contributed by atoms with Crippen molar-refractivity contribution >= 4 is 45.6 Å². The van der Waals surface area contributed by atoms with Crippen molar-refractivity contribution in [1.29, 1.82) is 0 Å². The summed E-state index contributed by atoms with van der Waals surface area (Å²) in [5.41, 5.74) is 5.53. The van der Waals surface area contributed by atoms with Crippen molar-refractivity contribution in [1.82, 2.24) is 4.57 Å². The van der Waals surface area contributed by atoms with Crippen LogP contribution in [-0.4, -0.2) is 28.3 Å². The lowest BCUT2D eigenvalue weighted by atomic mass is 9.97. The van der Waals surface area contributed by atoms with Crippen LogP contribution in [0.2, 0.25) is 0 Å². The van der Waals surface area contributed by atoms with Crippen LogP contribution in [0.4, 0.5) is 0 Å². The normalized spacial score (nSPS) is 11.7. The van der Waals surface area contributed by atoms with Crippen molar-refractivity contribution in [3.63, 3.8) is 0 Å². The molecule has 160 valence electrons. The Labute approximate surface area is 185 Å². The highest BCUT2D eigenvalue weighted by Crippen LogP contribution is 2.31. The first-order valence-corrected chi connectivity index (χ1v) is 10.3. The molecule has 4 rings (SSSR count). The van der Waals surface area contributed by atoms with Gasteiger partial charge in [0.05, 0.1) is 5.71 Å². The van der Waals surface area contributed by atoms with E-state index >= 15 is 0 Å². The van der Waals surface area contributed by atoms with E-state index in [2.05, 4.69) is 21.5 Å². The molecule has 1 aromatic heterocycles. The lowest BCUT2D eigenvalue weighted by Gasteiger charge is -2.06. The number of carbonyl (C=O) groups is 3. The second-order valence-corrected chi connectivity index (χ2v) is 7.56. The Morgan fingerprint density at radius 3 is 2.22 bits per heavy atom. The van der Waals surface area contributed by atoms with Crippen LogP contribution in [0.15, 0.2) is 65.8 Å². The number of carbonyl (C=O) groups excluding carboxylic acids is 3. The molecule has 0 saturated carbocycles. The van der Waals surface area contributed by atoms with E-state index in [9.17, 15) is 14.4 Å². The lowest BCUT2D eigenvalue weighted by molar-refractivity contribution is -0.148. The molecule has 0 aliphatic carbocycles. The highest BCUT2D eigenvalue weighted by molar-refractivity contribution is 6.20. The van der Waals surface area contributed by atoms with Crippen LogP contribution in [0.5, 0.6) is 0 Å². The number of aromatic nitrogens is 1. The van der Waals surface area contributed by atoms with Gasteiger partial charge in [0, 0.05) is 39.5 Å². The van der Waals surface area contributed by atoms with Gasteiger partial charge < -0.3 is 9.40 Å². The van der Waals surface area contributed by atoms with Gasteiger partial charge in [0.1, 0.15) is 0 Å². The maximum Gasteiger partial charge on any atom is 0.397 e. The molecular formula is C26H22N2O4. The molecule has 0 N–H and O–H groups in total. The van der Waals surface area contributed by atoms with Gasteiger partial charge in [-0.3, -0.25) is 9.59 Å². The number of rotatable bonds is 6. The summed E-state index contributed by atoms with van der Waals surface area (Å²) in [4.78, 5) is 39.3. The highest BCUT2D eigenvalue weighted by Gasteiger charge is 2.16. The number of ketones is 1. The maximum atomic E-state index is 13.2. The molecule has 0 fully saturated rings. The Morgan fingerprint density at radius 1 is 0.969 bits per heavy atom. The van der Waals surface area contributed by atoms with Crippen LogP contribution < -0.4 is 0 Å². The fourth-order valence-electron chi connectivity index (χ4n) is 3.98. The fraction of sp³-hybridized carbons (Fsp3) is 0.154. The van der Waals surface area contributed by atoms with Gasteiger partial charge in [-0.25, -0.2) is 4.79 Å². The van der Waals surface area contributed by atoms with Crippen LogP contribution in [0.3, 0.4) is 0 Å². The topological polar surface area (TPSA) is 77.7 Å². The number of fused-ring (bicyclic) bond motifs is 3. The molecule has 0 radical (unpaired) electrons. The SMILES string of the molecule is CCn1c2ccc(C(=O)c3ccccc3C)cc2c2cc(C(C)=NOC(=O)C=O)ccc21. The van der Waals surface area contributed by atoms with Gasteiger partial charge in [0.2, 0.25) is 6.29 Å². The average Bonchev–Trinajstić information content (AvgIpc) is 3.14. The average molecular weight is 426 g/mol. The summed E-state index contributed by atoms with van der Waals surface area (Å²) in [5, 5.41) is 5.68. The minimum atomic E-state index is -1.05. The maximum absolute atomic E-state index is 13.2. The summed E-state index contributed by atoms with van der Waals surface area (Å²) in [6, 6.07) is 19.2. The second kappa shape index (κ2) is 8.59. The Bertz CT molecular complexity index is 1410. The molecule has 0 unspecified atom stereocenters. The quantitative estimate of drug-likeness (QED) is 0.111. The molecule has 0 bridgehead atoms. The van der Waals surface area contributed by atoms with E-state index in [0.717, 1.165) is 39.5 Å². The molecule has 3 aromatic carbocycles. The Kier molecular flexibility index (Phi) is 5.69. The van der Waals surface area contributed by atoms with Crippen LogP contribution >= 0.6 is 0 Å². The van der Waals surface area contributed by atoms with E-state index in [1.165, 1.54) is 0 Å². The molecule has 0 amide bonds. The van der Waals surface area contributed by atoms with Crippen molar-refractivity contribution in [2.45, 2.75) is 27.3 Å². The van der Waals surface area contributed by atoms with E-state index in [1.54, 1.807) is 6.92 Å². The number of benzene rings is 3. The minimum absolute atomic E-state index is 0.0166. The molecule has 6 heteroatoms. The molecule has 0 aliphatic heterocycles. The summed E-state index contributed by atoms with van der Waals surface area (Å²) in [6.07, 6.45) is 0.0713. The first-order chi connectivity index (χ1) is 15.4. The van der Waals surface area contributed by atoms with Crippen molar-refractivity contribution in [3.8, 4) is 0 Å².